The molecule has 0 bridgehead atoms. The van der Waals surface area contributed by atoms with E-state index in [-0.39, 0.29) is 23.8 Å². The molecule has 0 spiro atoms. The van der Waals surface area contributed by atoms with Crippen LogP contribution in [0.15, 0.2) is 97.1 Å². The molecule has 4 aromatic rings. The van der Waals surface area contributed by atoms with Gasteiger partial charge in [-0.1, -0.05) is 72.8 Å². The Morgan fingerprint density at radius 3 is 1.35 bits per heavy atom. The van der Waals surface area contributed by atoms with E-state index in [1.54, 1.807) is 0 Å². The number of hydrogen-bond donors (Lipinski definition) is 0. The summed E-state index contributed by atoms with van der Waals surface area (Å²) in [5.41, 5.74) is 4.88. The summed E-state index contributed by atoms with van der Waals surface area (Å²) in [4.78, 5) is 25.9. The van der Waals surface area contributed by atoms with Crippen LogP contribution in [-0.4, -0.2) is 11.6 Å². The minimum atomic E-state index is -0.275. The van der Waals surface area contributed by atoms with Gasteiger partial charge < -0.3 is 9.47 Å². The summed E-state index contributed by atoms with van der Waals surface area (Å²) in [6.45, 7) is 0. The normalized spacial score (nSPS) is 18.9. The van der Waals surface area contributed by atoms with Crippen molar-refractivity contribution in [3.05, 3.63) is 119 Å². The number of hydrogen-bond acceptors (Lipinski definition) is 4. The van der Waals surface area contributed by atoms with Crippen molar-refractivity contribution in [2.75, 3.05) is 0 Å². The molecule has 0 saturated heterocycles. The van der Waals surface area contributed by atoms with E-state index < -0.39 is 0 Å². The van der Waals surface area contributed by atoms with Gasteiger partial charge in [-0.15, -0.1) is 0 Å². The van der Waals surface area contributed by atoms with Gasteiger partial charge in [0.25, 0.3) is 0 Å². The highest BCUT2D eigenvalue weighted by molar-refractivity contribution is 6.03. The van der Waals surface area contributed by atoms with E-state index >= 15 is 0 Å². The number of ether oxygens (including phenoxy) is 2. The fourth-order valence-corrected chi connectivity index (χ4v) is 4.71. The first-order chi connectivity index (χ1) is 16.7. The molecule has 0 radical (unpaired) electrons. The zero-order chi connectivity index (χ0) is 23.1. The van der Waals surface area contributed by atoms with E-state index in [4.69, 9.17) is 9.47 Å². The molecule has 0 saturated carbocycles. The third-order valence-corrected chi connectivity index (χ3v) is 6.52. The molecular formula is C30H22O4. The van der Waals surface area contributed by atoms with Gasteiger partial charge in [0.1, 0.15) is 23.7 Å². The summed E-state index contributed by atoms with van der Waals surface area (Å²) >= 11 is 0. The van der Waals surface area contributed by atoms with Crippen LogP contribution in [0.2, 0.25) is 0 Å². The fourth-order valence-electron chi connectivity index (χ4n) is 4.71. The Balaban J connectivity index is 1.28. The van der Waals surface area contributed by atoms with Gasteiger partial charge in [0.2, 0.25) is 0 Å². The zero-order valence-electron chi connectivity index (χ0n) is 18.4. The van der Waals surface area contributed by atoms with Crippen molar-refractivity contribution in [2.45, 2.75) is 25.0 Å². The maximum atomic E-state index is 13.0. The summed E-state index contributed by atoms with van der Waals surface area (Å²) in [5, 5.41) is 0. The molecule has 0 N–H and O–H groups in total. The standard InChI is InChI=1S/C30H22O4/c31-25-17-29(19-7-3-1-4-8-19)33-27-13-11-21(15-23(25)27)22-12-14-28-24(16-22)26(32)18-30(34-28)20-9-5-2-6-10-20/h1-16,29-30H,17-18H2. The Kier molecular flexibility index (Phi) is 4.99. The number of rotatable bonds is 3. The van der Waals surface area contributed by atoms with Gasteiger partial charge in [-0.3, -0.25) is 9.59 Å². The maximum Gasteiger partial charge on any atom is 0.170 e. The van der Waals surface area contributed by atoms with Crippen molar-refractivity contribution < 1.29 is 19.1 Å². The number of benzene rings is 4. The molecule has 6 rings (SSSR count). The number of fused-ring (bicyclic) bond motifs is 2. The lowest BCUT2D eigenvalue weighted by atomic mass is 9.91. The SMILES string of the molecule is O=C1CC(c2ccccc2)Oc2ccc(-c3ccc4c(c3)C(=O)CC(c3ccccc3)O4)cc21. The van der Waals surface area contributed by atoms with Crippen LogP contribution in [0.1, 0.15) is 56.9 Å². The summed E-state index contributed by atoms with van der Waals surface area (Å²) in [7, 11) is 0. The number of carbonyl (C=O) groups excluding carboxylic acids is 2. The Hall–Kier alpha value is -4.18. The third kappa shape index (κ3) is 3.67. The highest BCUT2D eigenvalue weighted by Gasteiger charge is 2.30. The molecule has 2 heterocycles. The van der Waals surface area contributed by atoms with Crippen molar-refractivity contribution in [3.8, 4) is 22.6 Å². The van der Waals surface area contributed by atoms with Crippen molar-refractivity contribution in [2.24, 2.45) is 0 Å². The van der Waals surface area contributed by atoms with Crippen LogP contribution < -0.4 is 9.47 Å². The van der Waals surface area contributed by atoms with E-state index in [0.29, 0.717) is 35.5 Å². The Labute approximate surface area is 197 Å². The van der Waals surface area contributed by atoms with Crippen LogP contribution in [0.5, 0.6) is 11.5 Å². The minimum Gasteiger partial charge on any atom is -0.484 e. The van der Waals surface area contributed by atoms with E-state index in [9.17, 15) is 9.59 Å². The second-order valence-electron chi connectivity index (χ2n) is 8.71. The molecule has 4 aromatic carbocycles. The smallest absolute Gasteiger partial charge is 0.170 e. The van der Waals surface area contributed by atoms with Crippen LogP contribution in [0.3, 0.4) is 0 Å². The highest BCUT2D eigenvalue weighted by Crippen LogP contribution is 2.40. The van der Waals surface area contributed by atoms with Gasteiger partial charge in [-0.05, 0) is 46.5 Å². The van der Waals surface area contributed by atoms with Gasteiger partial charge >= 0.3 is 0 Å². The van der Waals surface area contributed by atoms with Crippen LogP contribution >= 0.6 is 0 Å². The first-order valence-corrected chi connectivity index (χ1v) is 11.4. The van der Waals surface area contributed by atoms with Crippen molar-refractivity contribution >= 4 is 11.6 Å². The molecule has 2 atom stereocenters. The molecule has 2 unspecified atom stereocenters. The first kappa shape index (κ1) is 20.4. The van der Waals surface area contributed by atoms with Crippen LogP contribution in [0.25, 0.3) is 11.1 Å². The lowest BCUT2D eigenvalue weighted by Crippen LogP contribution is -2.20. The van der Waals surface area contributed by atoms with Crippen LogP contribution in [0, 0.1) is 0 Å². The lowest BCUT2D eigenvalue weighted by molar-refractivity contribution is 0.0840. The molecule has 0 aromatic heterocycles. The van der Waals surface area contributed by atoms with Crippen LogP contribution in [-0.2, 0) is 0 Å². The van der Waals surface area contributed by atoms with Gasteiger partial charge in [-0.2, -0.15) is 0 Å². The molecule has 0 amide bonds. The Morgan fingerprint density at radius 2 is 0.941 bits per heavy atom. The van der Waals surface area contributed by atoms with Crippen LogP contribution in [0.4, 0.5) is 0 Å². The third-order valence-electron chi connectivity index (χ3n) is 6.52. The average molecular weight is 447 g/mol. The lowest BCUT2D eigenvalue weighted by Gasteiger charge is -2.27. The molecule has 0 aliphatic carbocycles. The molecule has 2 aliphatic rings. The number of ketones is 2. The van der Waals surface area contributed by atoms with Gasteiger partial charge in [0.05, 0.1) is 24.0 Å². The van der Waals surface area contributed by atoms with Crippen molar-refractivity contribution in [3.63, 3.8) is 0 Å². The summed E-state index contributed by atoms with van der Waals surface area (Å²) in [6, 6.07) is 30.9. The van der Waals surface area contributed by atoms with E-state index in [1.807, 2.05) is 97.1 Å². The first-order valence-electron chi connectivity index (χ1n) is 11.4. The molecule has 34 heavy (non-hydrogen) atoms. The van der Waals surface area contributed by atoms with E-state index in [1.165, 1.54) is 0 Å². The maximum absolute atomic E-state index is 13.0. The summed E-state index contributed by atoms with van der Waals surface area (Å²) in [5.74, 6) is 1.30. The Morgan fingerprint density at radius 1 is 0.529 bits per heavy atom. The quantitative estimate of drug-likeness (QED) is 0.349. The van der Waals surface area contributed by atoms with Gasteiger partial charge in [0, 0.05) is 0 Å². The minimum absolute atomic E-state index is 0.0556. The summed E-state index contributed by atoms with van der Waals surface area (Å²) < 4.78 is 12.3. The average Bonchev–Trinajstić information content (AvgIpc) is 2.89. The number of Topliss-reactive ketones (excluding diaryl/α,β-unsaturated/α-hetero) is 2. The molecule has 166 valence electrons. The molecular weight excluding hydrogens is 424 g/mol. The monoisotopic (exact) mass is 446 g/mol. The second-order valence-corrected chi connectivity index (χ2v) is 8.71. The van der Waals surface area contributed by atoms with Gasteiger partial charge in [-0.25, -0.2) is 0 Å². The fraction of sp³-hybridized carbons (Fsp3) is 0.133. The van der Waals surface area contributed by atoms with E-state index in [0.717, 1.165) is 22.3 Å². The molecule has 4 nitrogen and oxygen atoms in total. The predicted octanol–water partition coefficient (Wildman–Crippen LogP) is 6.77. The molecule has 2 aliphatic heterocycles. The van der Waals surface area contributed by atoms with Crippen molar-refractivity contribution in [1.82, 2.24) is 0 Å². The molecule has 0 fully saturated rings. The summed E-state index contributed by atoms with van der Waals surface area (Å²) in [6.07, 6.45) is 0.0571. The largest absolute Gasteiger partial charge is 0.484 e. The topological polar surface area (TPSA) is 52.6 Å². The Bertz CT molecular complexity index is 1280. The molecule has 4 heteroatoms. The number of carbonyl (C=O) groups is 2. The zero-order valence-corrected chi connectivity index (χ0v) is 18.4. The predicted molar refractivity (Wildman–Crippen MR) is 129 cm³/mol. The van der Waals surface area contributed by atoms with E-state index in [2.05, 4.69) is 0 Å². The van der Waals surface area contributed by atoms with Crippen molar-refractivity contribution in [1.29, 1.82) is 0 Å². The second kappa shape index (κ2) is 8.31. The highest BCUT2D eigenvalue weighted by atomic mass is 16.5. The van der Waals surface area contributed by atoms with Gasteiger partial charge in [0.15, 0.2) is 11.6 Å².